The number of carbonyl (C=O) groups is 2. The maximum atomic E-state index is 11.5. The van der Waals surface area contributed by atoms with Crippen LogP contribution >= 0.6 is 0 Å². The highest BCUT2D eigenvalue weighted by Gasteiger charge is 2.54. The Labute approximate surface area is 65.2 Å². The second-order valence-electron chi connectivity index (χ2n) is 3.58. The van der Waals surface area contributed by atoms with Crippen molar-refractivity contribution in [2.45, 2.75) is 19.8 Å². The second kappa shape index (κ2) is 1.84. The van der Waals surface area contributed by atoms with E-state index >= 15 is 0 Å². The fraction of sp³-hybridized carbons (Fsp3) is 0.750. The molecule has 1 saturated carbocycles. The zero-order valence-electron chi connectivity index (χ0n) is 6.52. The smallest absolute Gasteiger partial charge is 0.230 e. The predicted molar refractivity (Wildman–Crippen MR) is 38.8 cm³/mol. The molecule has 1 unspecified atom stereocenters. The van der Waals surface area contributed by atoms with Crippen molar-refractivity contribution >= 4 is 11.7 Å². The summed E-state index contributed by atoms with van der Waals surface area (Å²) in [6.45, 7) is 2.27. The summed E-state index contributed by atoms with van der Waals surface area (Å²) >= 11 is 0. The van der Waals surface area contributed by atoms with Gasteiger partial charge in [-0.05, 0) is 19.8 Å². The molecule has 60 valence electrons. The van der Waals surface area contributed by atoms with Crippen LogP contribution in [0.15, 0.2) is 0 Å². The Balaban J connectivity index is 2.22. The van der Waals surface area contributed by atoms with Gasteiger partial charge in [-0.15, -0.1) is 0 Å². The molecule has 11 heavy (non-hydrogen) atoms. The van der Waals surface area contributed by atoms with Crippen LogP contribution in [-0.2, 0) is 9.59 Å². The monoisotopic (exact) mass is 153 g/mol. The molecule has 0 aromatic carbocycles. The zero-order valence-corrected chi connectivity index (χ0v) is 6.52. The summed E-state index contributed by atoms with van der Waals surface area (Å²) in [6, 6.07) is 0. The summed E-state index contributed by atoms with van der Waals surface area (Å²) < 4.78 is 0. The van der Waals surface area contributed by atoms with Crippen molar-refractivity contribution in [3.8, 4) is 0 Å². The first kappa shape index (κ1) is 6.83. The van der Waals surface area contributed by atoms with Gasteiger partial charge in [0, 0.05) is 12.0 Å². The van der Waals surface area contributed by atoms with Gasteiger partial charge in [-0.1, -0.05) is 0 Å². The van der Waals surface area contributed by atoms with E-state index in [4.69, 9.17) is 0 Å². The SMILES string of the molecule is CC1C(=O)NCC2(CC2)C1=O. The van der Waals surface area contributed by atoms with Crippen LogP contribution in [0.3, 0.4) is 0 Å². The maximum absolute atomic E-state index is 11.5. The first-order valence-electron chi connectivity index (χ1n) is 3.98. The van der Waals surface area contributed by atoms with Gasteiger partial charge in [-0.3, -0.25) is 9.59 Å². The average molecular weight is 153 g/mol. The Morgan fingerprint density at radius 2 is 2.09 bits per heavy atom. The molecule has 2 rings (SSSR count). The Hall–Kier alpha value is -0.860. The van der Waals surface area contributed by atoms with Gasteiger partial charge in [0.15, 0.2) is 5.78 Å². The number of amides is 1. The standard InChI is InChI=1S/C8H11NO2/c1-5-6(10)8(2-3-8)4-9-7(5)11/h5H,2-4H2,1H3,(H,9,11). The number of carbonyl (C=O) groups excluding carboxylic acids is 2. The molecule has 1 amide bonds. The van der Waals surface area contributed by atoms with E-state index < -0.39 is 5.92 Å². The van der Waals surface area contributed by atoms with Crippen molar-refractivity contribution < 1.29 is 9.59 Å². The molecule has 2 aliphatic rings. The van der Waals surface area contributed by atoms with Gasteiger partial charge in [0.1, 0.15) is 0 Å². The lowest BCUT2D eigenvalue weighted by Gasteiger charge is -2.25. The summed E-state index contributed by atoms with van der Waals surface area (Å²) in [4.78, 5) is 22.4. The summed E-state index contributed by atoms with van der Waals surface area (Å²) in [5, 5.41) is 2.76. The molecule has 0 radical (unpaired) electrons. The minimum Gasteiger partial charge on any atom is -0.354 e. The summed E-state index contributed by atoms with van der Waals surface area (Å²) in [6.07, 6.45) is 1.94. The topological polar surface area (TPSA) is 46.2 Å². The third-order valence-corrected chi connectivity index (χ3v) is 2.76. The van der Waals surface area contributed by atoms with E-state index in [1.54, 1.807) is 6.92 Å². The largest absolute Gasteiger partial charge is 0.354 e. The van der Waals surface area contributed by atoms with Gasteiger partial charge in [-0.2, -0.15) is 0 Å². The van der Waals surface area contributed by atoms with Gasteiger partial charge < -0.3 is 5.32 Å². The molecule has 0 aromatic heterocycles. The lowest BCUT2D eigenvalue weighted by molar-refractivity contribution is -0.140. The molecular formula is C8H11NO2. The molecule has 1 spiro atoms. The lowest BCUT2D eigenvalue weighted by atomic mass is 9.87. The van der Waals surface area contributed by atoms with Gasteiger partial charge in [0.25, 0.3) is 0 Å². The van der Waals surface area contributed by atoms with E-state index in [0.717, 1.165) is 12.8 Å². The first-order chi connectivity index (χ1) is 5.16. The fourth-order valence-electron chi connectivity index (χ4n) is 1.65. The lowest BCUT2D eigenvalue weighted by Crippen LogP contribution is -2.48. The van der Waals surface area contributed by atoms with E-state index in [1.807, 2.05) is 0 Å². The van der Waals surface area contributed by atoms with Crippen LogP contribution in [0.4, 0.5) is 0 Å². The highest BCUT2D eigenvalue weighted by atomic mass is 16.2. The number of hydrogen-bond donors (Lipinski definition) is 1. The molecule has 1 N–H and O–H groups in total. The number of nitrogens with one attached hydrogen (secondary N) is 1. The van der Waals surface area contributed by atoms with E-state index in [-0.39, 0.29) is 17.1 Å². The quantitative estimate of drug-likeness (QED) is 0.502. The normalized spacial score (nSPS) is 33.7. The van der Waals surface area contributed by atoms with E-state index in [2.05, 4.69) is 5.32 Å². The van der Waals surface area contributed by atoms with Gasteiger partial charge in [0.2, 0.25) is 5.91 Å². The van der Waals surface area contributed by atoms with Crippen molar-refractivity contribution in [2.24, 2.45) is 11.3 Å². The minimum absolute atomic E-state index is 0.104. The van der Waals surface area contributed by atoms with Gasteiger partial charge in [-0.25, -0.2) is 0 Å². The van der Waals surface area contributed by atoms with Crippen molar-refractivity contribution in [2.75, 3.05) is 6.54 Å². The minimum atomic E-state index is -0.411. The van der Waals surface area contributed by atoms with E-state index in [9.17, 15) is 9.59 Å². The molecule has 0 bridgehead atoms. The molecule has 1 saturated heterocycles. The fourth-order valence-corrected chi connectivity index (χ4v) is 1.65. The molecule has 1 aliphatic heterocycles. The van der Waals surface area contributed by atoms with Crippen molar-refractivity contribution in [3.05, 3.63) is 0 Å². The molecule has 2 fully saturated rings. The van der Waals surface area contributed by atoms with Crippen LogP contribution in [-0.4, -0.2) is 18.2 Å². The zero-order chi connectivity index (χ0) is 8.06. The number of ketones is 1. The predicted octanol–water partition coefficient (Wildman–Crippen LogP) is 0.102. The number of hydrogen-bond acceptors (Lipinski definition) is 2. The van der Waals surface area contributed by atoms with Crippen molar-refractivity contribution in [3.63, 3.8) is 0 Å². The number of rotatable bonds is 0. The summed E-state index contributed by atoms with van der Waals surface area (Å²) in [5.74, 6) is -0.361. The number of Topliss-reactive ketones (excluding diaryl/α,β-unsaturated/α-hetero) is 1. The molecule has 1 aliphatic carbocycles. The average Bonchev–Trinajstić information content (AvgIpc) is 2.76. The maximum Gasteiger partial charge on any atom is 0.230 e. The summed E-state index contributed by atoms with van der Waals surface area (Å²) in [5.41, 5.74) is -0.132. The van der Waals surface area contributed by atoms with Gasteiger partial charge in [0.05, 0.1) is 5.92 Å². The van der Waals surface area contributed by atoms with Crippen LogP contribution < -0.4 is 5.32 Å². The van der Waals surface area contributed by atoms with Crippen LogP contribution in [0.5, 0.6) is 0 Å². The Kier molecular flexibility index (Phi) is 1.14. The van der Waals surface area contributed by atoms with Gasteiger partial charge >= 0.3 is 0 Å². The third kappa shape index (κ3) is 0.800. The highest BCUT2D eigenvalue weighted by molar-refractivity contribution is 6.07. The van der Waals surface area contributed by atoms with E-state index in [1.165, 1.54) is 0 Å². The summed E-state index contributed by atoms with van der Waals surface area (Å²) in [7, 11) is 0. The van der Waals surface area contributed by atoms with E-state index in [0.29, 0.717) is 6.54 Å². The molecule has 1 atom stereocenters. The van der Waals surface area contributed by atoms with Crippen molar-refractivity contribution in [1.82, 2.24) is 5.32 Å². The second-order valence-corrected chi connectivity index (χ2v) is 3.58. The van der Waals surface area contributed by atoms with Crippen molar-refractivity contribution in [1.29, 1.82) is 0 Å². The third-order valence-electron chi connectivity index (χ3n) is 2.76. The molecule has 0 aromatic rings. The van der Waals surface area contributed by atoms with Crippen LogP contribution in [0, 0.1) is 11.3 Å². The Morgan fingerprint density at radius 3 is 2.64 bits per heavy atom. The Morgan fingerprint density at radius 1 is 1.45 bits per heavy atom. The number of piperidine rings is 1. The molecule has 3 heteroatoms. The first-order valence-corrected chi connectivity index (χ1v) is 3.98. The van der Waals surface area contributed by atoms with Crippen LogP contribution in [0.2, 0.25) is 0 Å². The Bertz CT molecular complexity index is 230. The molecular weight excluding hydrogens is 142 g/mol. The molecule has 1 heterocycles. The van der Waals surface area contributed by atoms with Crippen LogP contribution in [0.25, 0.3) is 0 Å². The molecule has 3 nitrogen and oxygen atoms in total. The highest BCUT2D eigenvalue weighted by Crippen LogP contribution is 2.49. The van der Waals surface area contributed by atoms with Crippen LogP contribution in [0.1, 0.15) is 19.8 Å².